The number of likely N-dealkylation sites (N-methyl/N-ethyl adjacent to an activating group) is 1. The molecular weight excluding hydrogens is 594 g/mol. The first-order valence-corrected chi connectivity index (χ1v) is 15.2. The number of aromatic nitrogens is 4. The number of fused-ring (bicyclic) bond motifs is 1. The topological polar surface area (TPSA) is 159 Å². The van der Waals surface area contributed by atoms with Crippen LogP contribution in [0.1, 0.15) is 57.8 Å². The van der Waals surface area contributed by atoms with Gasteiger partial charge in [0.25, 0.3) is 11.5 Å². The summed E-state index contributed by atoms with van der Waals surface area (Å²) in [6.07, 6.45) is 0.950. The maximum Gasteiger partial charge on any atom is 0.407 e. The summed E-state index contributed by atoms with van der Waals surface area (Å²) in [5.41, 5.74) is -1.65. The average molecular weight is 636 g/mol. The lowest BCUT2D eigenvalue weighted by molar-refractivity contribution is -0.123. The van der Waals surface area contributed by atoms with E-state index in [2.05, 4.69) is 22.5 Å². The maximum atomic E-state index is 14.0. The molecule has 4 rings (SSSR count). The normalized spacial score (nSPS) is 14.7. The highest BCUT2D eigenvalue weighted by Gasteiger charge is 2.29. The minimum absolute atomic E-state index is 0.112. The van der Waals surface area contributed by atoms with Crippen LogP contribution in [-0.2, 0) is 29.7 Å². The predicted molar refractivity (Wildman–Crippen MR) is 172 cm³/mol. The van der Waals surface area contributed by atoms with Crippen molar-refractivity contribution in [2.75, 3.05) is 31.1 Å². The number of rotatable bonds is 10. The Bertz CT molecular complexity index is 1800. The largest absolute Gasteiger partial charge is 0.483 e. The number of ketones is 1. The zero-order valence-electron chi connectivity index (χ0n) is 27.1. The molecule has 14 heteroatoms. The fraction of sp³-hybridized carbons (Fsp3) is 0.500. The van der Waals surface area contributed by atoms with Gasteiger partial charge in [-0.3, -0.25) is 28.1 Å². The highest BCUT2D eigenvalue weighted by atomic mass is 16.6. The van der Waals surface area contributed by atoms with E-state index in [0.717, 1.165) is 17.4 Å². The smallest absolute Gasteiger partial charge is 0.407 e. The molecule has 2 amide bonds. The second-order valence-electron chi connectivity index (χ2n) is 11.9. The molecule has 2 aromatic heterocycles. The second-order valence-corrected chi connectivity index (χ2v) is 11.9. The maximum absolute atomic E-state index is 14.0. The van der Waals surface area contributed by atoms with Crippen molar-refractivity contribution < 1.29 is 23.9 Å². The first-order chi connectivity index (χ1) is 21.8. The fourth-order valence-electron chi connectivity index (χ4n) is 5.24. The molecule has 0 unspecified atom stereocenters. The molecule has 246 valence electrons. The van der Waals surface area contributed by atoms with Gasteiger partial charge in [-0.25, -0.2) is 9.59 Å². The van der Waals surface area contributed by atoms with Crippen molar-refractivity contribution in [1.29, 1.82) is 0 Å². The van der Waals surface area contributed by atoms with Crippen molar-refractivity contribution in [3.8, 4) is 17.6 Å². The Morgan fingerprint density at radius 1 is 1.13 bits per heavy atom. The third-order valence-electron chi connectivity index (χ3n) is 7.27. The highest BCUT2D eigenvalue weighted by molar-refractivity contribution is 5.98. The summed E-state index contributed by atoms with van der Waals surface area (Å²) < 4.78 is 14.8. The van der Waals surface area contributed by atoms with E-state index in [0.29, 0.717) is 25.6 Å². The van der Waals surface area contributed by atoms with Gasteiger partial charge in [-0.1, -0.05) is 18.1 Å². The summed E-state index contributed by atoms with van der Waals surface area (Å²) in [7, 11) is 1.49. The predicted octanol–water partition coefficient (Wildman–Crippen LogP) is 1.81. The minimum atomic E-state index is -0.715. The van der Waals surface area contributed by atoms with E-state index in [-0.39, 0.29) is 47.6 Å². The molecular formula is C32H41N7O7. The molecule has 0 spiro atoms. The van der Waals surface area contributed by atoms with Gasteiger partial charge in [-0.05, 0) is 59.6 Å². The lowest BCUT2D eigenvalue weighted by atomic mass is 10.1. The van der Waals surface area contributed by atoms with Gasteiger partial charge in [0.2, 0.25) is 5.95 Å². The Morgan fingerprint density at radius 2 is 1.87 bits per heavy atom. The molecule has 1 aliphatic heterocycles. The zero-order valence-corrected chi connectivity index (χ0v) is 27.1. The van der Waals surface area contributed by atoms with E-state index in [9.17, 15) is 24.0 Å². The van der Waals surface area contributed by atoms with Gasteiger partial charge in [0.05, 0.1) is 18.7 Å². The summed E-state index contributed by atoms with van der Waals surface area (Å²) >= 11 is 0. The summed E-state index contributed by atoms with van der Waals surface area (Å²) in [5.74, 6) is 5.52. The van der Waals surface area contributed by atoms with E-state index in [1.54, 1.807) is 57.4 Å². The van der Waals surface area contributed by atoms with Crippen LogP contribution in [-0.4, -0.2) is 74.4 Å². The van der Waals surface area contributed by atoms with Crippen LogP contribution in [0.25, 0.3) is 11.2 Å². The molecule has 0 aliphatic carbocycles. The Labute approximate surface area is 266 Å². The van der Waals surface area contributed by atoms with Gasteiger partial charge >= 0.3 is 11.8 Å². The number of hydrogen-bond acceptors (Lipinski definition) is 9. The number of ether oxygens (including phenoxy) is 2. The minimum Gasteiger partial charge on any atom is -0.483 e. The van der Waals surface area contributed by atoms with Gasteiger partial charge in [-0.2, -0.15) is 4.98 Å². The van der Waals surface area contributed by atoms with E-state index < -0.39 is 35.3 Å². The molecule has 3 heterocycles. The SMILES string of the molecule is CC#CCn1c(N2CCC[C@@H](NC(=O)OC(C)(C)C)C2)nc2c1c(=O)n(CC(=O)c1ccccc1OCC(=O)NCC)c(=O)n2C. The molecule has 1 fully saturated rings. The van der Waals surface area contributed by atoms with Crippen LogP contribution in [0, 0.1) is 11.8 Å². The lowest BCUT2D eigenvalue weighted by Gasteiger charge is -2.34. The standard InChI is InChI=1S/C32H41N7O7/c1-7-9-17-38-26-27(35-29(38)37-16-12-13-21(18-37)34-30(43)46-32(3,4)5)36(6)31(44)39(28(26)42)19-23(40)22-14-10-11-15-24(22)45-20-25(41)33-8-2/h10-11,14-15,21H,8,12-13,16-20H2,1-6H3,(H,33,41)(H,34,43)/t21-/m1/s1. The van der Waals surface area contributed by atoms with E-state index in [1.165, 1.54) is 17.7 Å². The molecule has 1 aromatic carbocycles. The lowest BCUT2D eigenvalue weighted by Crippen LogP contribution is -2.49. The van der Waals surface area contributed by atoms with Gasteiger partial charge < -0.3 is 25.0 Å². The van der Waals surface area contributed by atoms with E-state index >= 15 is 0 Å². The number of Topliss-reactive ketones (excluding diaryl/α,β-unsaturated/α-hetero) is 1. The monoisotopic (exact) mass is 635 g/mol. The summed E-state index contributed by atoms with van der Waals surface area (Å²) in [4.78, 5) is 72.0. The van der Waals surface area contributed by atoms with Crippen LogP contribution in [0.5, 0.6) is 5.75 Å². The number of hydrogen-bond donors (Lipinski definition) is 2. The van der Waals surface area contributed by atoms with Crippen molar-refractivity contribution in [3.05, 3.63) is 50.7 Å². The number of nitrogens with one attached hydrogen (secondary N) is 2. The molecule has 0 bridgehead atoms. The molecule has 1 aliphatic rings. The summed E-state index contributed by atoms with van der Waals surface area (Å²) in [6, 6.07) is 6.11. The van der Waals surface area contributed by atoms with Crippen molar-refractivity contribution in [3.63, 3.8) is 0 Å². The third-order valence-corrected chi connectivity index (χ3v) is 7.27. The number of alkyl carbamates (subject to hydrolysis) is 1. The van der Waals surface area contributed by atoms with Gasteiger partial charge in [0, 0.05) is 32.7 Å². The number of carbonyl (C=O) groups excluding carboxylic acids is 3. The first-order valence-electron chi connectivity index (χ1n) is 15.2. The molecule has 1 saturated heterocycles. The number of imidazole rings is 1. The van der Waals surface area contributed by atoms with Gasteiger partial charge in [0.15, 0.2) is 23.6 Å². The summed E-state index contributed by atoms with van der Waals surface area (Å²) in [6.45, 7) is 9.53. The molecule has 0 saturated carbocycles. The first kappa shape index (κ1) is 33.8. The Hall–Kier alpha value is -5.06. The van der Waals surface area contributed by atoms with Gasteiger partial charge in [-0.15, -0.1) is 5.92 Å². The number of amides is 2. The van der Waals surface area contributed by atoms with E-state index in [1.807, 2.05) is 4.90 Å². The van der Waals surface area contributed by atoms with Crippen molar-refractivity contribution in [2.24, 2.45) is 7.05 Å². The number of piperidine rings is 1. The number of aryl methyl sites for hydroxylation is 1. The van der Waals surface area contributed by atoms with Crippen LogP contribution in [0.3, 0.4) is 0 Å². The molecule has 0 radical (unpaired) electrons. The second kappa shape index (κ2) is 14.4. The number of para-hydroxylation sites is 1. The Balaban J connectivity index is 1.70. The van der Waals surface area contributed by atoms with Crippen LogP contribution in [0.15, 0.2) is 33.9 Å². The zero-order chi connectivity index (χ0) is 33.6. The molecule has 1 atom stereocenters. The van der Waals surface area contributed by atoms with Crippen molar-refractivity contribution in [1.82, 2.24) is 29.3 Å². The molecule has 3 aromatic rings. The van der Waals surface area contributed by atoms with E-state index in [4.69, 9.17) is 14.5 Å². The quantitative estimate of drug-likeness (QED) is 0.250. The van der Waals surface area contributed by atoms with Crippen LogP contribution in [0.4, 0.5) is 10.7 Å². The van der Waals surface area contributed by atoms with Gasteiger partial charge in [0.1, 0.15) is 11.4 Å². The van der Waals surface area contributed by atoms with Crippen molar-refractivity contribution in [2.45, 2.75) is 72.2 Å². The molecule has 2 N–H and O–H groups in total. The number of benzene rings is 1. The fourth-order valence-corrected chi connectivity index (χ4v) is 5.24. The highest BCUT2D eigenvalue weighted by Crippen LogP contribution is 2.24. The summed E-state index contributed by atoms with van der Waals surface area (Å²) in [5, 5.41) is 5.54. The van der Waals surface area contributed by atoms with Crippen molar-refractivity contribution >= 4 is 34.9 Å². The molecule has 14 nitrogen and oxygen atoms in total. The third kappa shape index (κ3) is 7.77. The van der Waals surface area contributed by atoms with Crippen LogP contribution < -0.4 is 31.5 Å². The number of anilines is 1. The number of nitrogens with zero attached hydrogens (tertiary/aromatic N) is 5. The van der Waals surface area contributed by atoms with Crippen LogP contribution >= 0.6 is 0 Å². The Kier molecular flexibility index (Phi) is 10.6. The average Bonchev–Trinajstić information content (AvgIpc) is 3.39. The Morgan fingerprint density at radius 3 is 2.57 bits per heavy atom. The van der Waals surface area contributed by atoms with Crippen LogP contribution in [0.2, 0.25) is 0 Å². The number of carbonyl (C=O) groups is 3. The molecule has 46 heavy (non-hydrogen) atoms.